The van der Waals surface area contributed by atoms with Crippen LogP contribution in [0.2, 0.25) is 0 Å². The molecule has 1 heterocycles. The molecule has 0 atom stereocenters. The maximum atomic E-state index is 12.8. The fraction of sp³-hybridized carbons (Fsp3) is 0.154. The Balaban J connectivity index is 2.51. The maximum Gasteiger partial charge on any atom is 0.433 e. The van der Waals surface area contributed by atoms with Gasteiger partial charge in [-0.25, -0.2) is 9.97 Å². The van der Waals surface area contributed by atoms with Crippen molar-refractivity contribution in [3.8, 4) is 11.3 Å². The molecule has 3 nitrogen and oxygen atoms in total. The second-order valence-electron chi connectivity index (χ2n) is 3.86. The summed E-state index contributed by atoms with van der Waals surface area (Å²) in [5.74, 6) is 0. The van der Waals surface area contributed by atoms with Gasteiger partial charge < -0.3 is 0 Å². The summed E-state index contributed by atoms with van der Waals surface area (Å²) in [5, 5.41) is 0.0503. The molecule has 1 aromatic carbocycles. The van der Waals surface area contributed by atoms with E-state index < -0.39 is 11.9 Å². The largest absolute Gasteiger partial charge is 0.433 e. The standard InChI is InChI=1S/C13H9F3N2OS/c1-20-12-17-10(6-11(18-12)13(14,15)16)9-4-2-8(7-19)3-5-9/h2-7H,1H3. The van der Waals surface area contributed by atoms with Gasteiger partial charge in [-0.15, -0.1) is 0 Å². The average molecular weight is 298 g/mol. The van der Waals surface area contributed by atoms with E-state index in [2.05, 4.69) is 9.97 Å². The summed E-state index contributed by atoms with van der Waals surface area (Å²) < 4.78 is 38.3. The molecule has 0 radical (unpaired) electrons. The maximum absolute atomic E-state index is 12.8. The van der Waals surface area contributed by atoms with Crippen LogP contribution < -0.4 is 0 Å². The Kier molecular flexibility index (Phi) is 4.08. The highest BCUT2D eigenvalue weighted by Gasteiger charge is 2.33. The normalized spacial score (nSPS) is 11.4. The summed E-state index contributed by atoms with van der Waals surface area (Å²) in [6.07, 6.45) is -2.25. The van der Waals surface area contributed by atoms with Gasteiger partial charge in [0.2, 0.25) is 0 Å². The van der Waals surface area contributed by atoms with Crippen molar-refractivity contribution in [3.05, 3.63) is 41.6 Å². The molecule has 0 aliphatic carbocycles. The quantitative estimate of drug-likeness (QED) is 0.492. The monoisotopic (exact) mass is 298 g/mol. The van der Waals surface area contributed by atoms with Gasteiger partial charge in [0.25, 0.3) is 0 Å². The first kappa shape index (κ1) is 14.5. The highest BCUT2D eigenvalue weighted by atomic mass is 32.2. The number of hydrogen-bond donors (Lipinski definition) is 0. The van der Waals surface area contributed by atoms with Gasteiger partial charge in [-0.1, -0.05) is 36.0 Å². The lowest BCUT2D eigenvalue weighted by Gasteiger charge is -2.09. The van der Waals surface area contributed by atoms with Gasteiger partial charge >= 0.3 is 6.18 Å². The second kappa shape index (κ2) is 5.62. The number of alkyl halides is 3. The van der Waals surface area contributed by atoms with Crippen LogP contribution in [0, 0.1) is 0 Å². The smallest absolute Gasteiger partial charge is 0.298 e. The zero-order valence-corrected chi connectivity index (χ0v) is 11.1. The molecule has 0 saturated carbocycles. The van der Waals surface area contributed by atoms with Crippen molar-refractivity contribution >= 4 is 18.0 Å². The second-order valence-corrected chi connectivity index (χ2v) is 4.64. The Morgan fingerprint density at radius 1 is 1.15 bits per heavy atom. The van der Waals surface area contributed by atoms with Gasteiger partial charge in [-0.3, -0.25) is 4.79 Å². The molecule has 0 aliphatic heterocycles. The third-order valence-corrected chi connectivity index (χ3v) is 3.07. The number of hydrogen-bond acceptors (Lipinski definition) is 4. The van der Waals surface area contributed by atoms with E-state index in [0.717, 1.165) is 17.8 Å². The van der Waals surface area contributed by atoms with Crippen LogP contribution in [0.25, 0.3) is 11.3 Å². The predicted molar refractivity (Wildman–Crippen MR) is 69.6 cm³/mol. The van der Waals surface area contributed by atoms with Gasteiger partial charge in [-0.2, -0.15) is 13.2 Å². The Hall–Kier alpha value is -1.89. The number of carbonyl (C=O) groups is 1. The molecule has 0 fully saturated rings. The number of halogens is 3. The van der Waals surface area contributed by atoms with Gasteiger partial charge in [0.1, 0.15) is 12.0 Å². The first-order valence-corrected chi connectivity index (χ1v) is 6.72. The molecule has 20 heavy (non-hydrogen) atoms. The fourth-order valence-electron chi connectivity index (χ4n) is 1.54. The highest BCUT2D eigenvalue weighted by Crippen LogP contribution is 2.31. The summed E-state index contributed by atoms with van der Waals surface area (Å²) in [7, 11) is 0. The van der Waals surface area contributed by atoms with E-state index in [0.29, 0.717) is 17.4 Å². The molecule has 0 N–H and O–H groups in total. The minimum absolute atomic E-state index is 0.0503. The van der Waals surface area contributed by atoms with Crippen LogP contribution in [0.4, 0.5) is 13.2 Å². The Morgan fingerprint density at radius 3 is 2.30 bits per heavy atom. The molecule has 2 rings (SSSR count). The summed E-state index contributed by atoms with van der Waals surface area (Å²) in [5.41, 5.74) is 0.142. The number of carbonyl (C=O) groups excluding carboxylic acids is 1. The molecule has 0 amide bonds. The molecule has 0 bridgehead atoms. The molecule has 1 aromatic heterocycles. The topological polar surface area (TPSA) is 42.9 Å². The average Bonchev–Trinajstić information content (AvgIpc) is 2.46. The third-order valence-electron chi connectivity index (χ3n) is 2.52. The number of aromatic nitrogens is 2. The van der Waals surface area contributed by atoms with Crippen LogP contribution in [-0.4, -0.2) is 22.5 Å². The van der Waals surface area contributed by atoms with E-state index in [-0.39, 0.29) is 10.9 Å². The number of aldehydes is 1. The Bertz CT molecular complexity index is 627. The van der Waals surface area contributed by atoms with Crippen LogP contribution in [0.15, 0.2) is 35.5 Å². The van der Waals surface area contributed by atoms with Gasteiger partial charge in [-0.05, 0) is 12.3 Å². The van der Waals surface area contributed by atoms with Crippen molar-refractivity contribution in [1.29, 1.82) is 0 Å². The minimum atomic E-state index is -4.52. The van der Waals surface area contributed by atoms with Crippen molar-refractivity contribution in [2.24, 2.45) is 0 Å². The third kappa shape index (κ3) is 3.16. The summed E-state index contributed by atoms with van der Waals surface area (Å²) in [6, 6.07) is 7.05. The van der Waals surface area contributed by atoms with Crippen molar-refractivity contribution < 1.29 is 18.0 Å². The van der Waals surface area contributed by atoms with Gasteiger partial charge in [0.05, 0.1) is 5.69 Å². The first-order valence-electron chi connectivity index (χ1n) is 5.50. The SMILES string of the molecule is CSc1nc(-c2ccc(C=O)cc2)cc(C(F)(F)F)n1. The Morgan fingerprint density at radius 2 is 1.80 bits per heavy atom. The van der Waals surface area contributed by atoms with E-state index in [1.807, 2.05) is 0 Å². The van der Waals surface area contributed by atoms with Crippen LogP contribution in [0.5, 0.6) is 0 Å². The van der Waals surface area contributed by atoms with Crippen LogP contribution in [0.3, 0.4) is 0 Å². The number of rotatable bonds is 3. The van der Waals surface area contributed by atoms with Crippen molar-refractivity contribution in [2.45, 2.75) is 11.3 Å². The lowest BCUT2D eigenvalue weighted by Crippen LogP contribution is -2.10. The van der Waals surface area contributed by atoms with E-state index in [9.17, 15) is 18.0 Å². The van der Waals surface area contributed by atoms with Crippen molar-refractivity contribution in [1.82, 2.24) is 9.97 Å². The molecule has 0 aliphatic rings. The number of nitrogens with zero attached hydrogens (tertiary/aromatic N) is 2. The lowest BCUT2D eigenvalue weighted by molar-refractivity contribution is -0.141. The summed E-state index contributed by atoms with van der Waals surface area (Å²) >= 11 is 1.04. The highest BCUT2D eigenvalue weighted by molar-refractivity contribution is 7.98. The molecule has 104 valence electrons. The Labute approximate surface area is 117 Å². The molecule has 2 aromatic rings. The van der Waals surface area contributed by atoms with E-state index >= 15 is 0 Å². The first-order chi connectivity index (χ1) is 9.44. The van der Waals surface area contributed by atoms with Gasteiger partial charge in [0.15, 0.2) is 5.16 Å². The molecular weight excluding hydrogens is 289 g/mol. The van der Waals surface area contributed by atoms with Crippen molar-refractivity contribution in [2.75, 3.05) is 6.26 Å². The number of benzene rings is 1. The predicted octanol–water partition coefficient (Wildman–Crippen LogP) is 3.70. The molecule has 7 heteroatoms. The minimum Gasteiger partial charge on any atom is -0.298 e. The zero-order valence-electron chi connectivity index (χ0n) is 10.3. The van der Waals surface area contributed by atoms with Crippen molar-refractivity contribution in [3.63, 3.8) is 0 Å². The van der Waals surface area contributed by atoms with Crippen LogP contribution >= 0.6 is 11.8 Å². The lowest BCUT2D eigenvalue weighted by atomic mass is 10.1. The van der Waals surface area contributed by atoms with E-state index in [1.165, 1.54) is 12.1 Å². The fourth-order valence-corrected chi connectivity index (χ4v) is 1.92. The summed E-state index contributed by atoms with van der Waals surface area (Å²) in [4.78, 5) is 18.1. The van der Waals surface area contributed by atoms with Crippen LogP contribution in [-0.2, 0) is 6.18 Å². The molecule has 0 saturated heterocycles. The molecular formula is C13H9F3N2OS. The number of thioether (sulfide) groups is 1. The summed E-state index contributed by atoms with van der Waals surface area (Å²) in [6.45, 7) is 0. The van der Waals surface area contributed by atoms with Crippen LogP contribution in [0.1, 0.15) is 16.1 Å². The van der Waals surface area contributed by atoms with Gasteiger partial charge in [0, 0.05) is 11.1 Å². The van der Waals surface area contributed by atoms with E-state index in [4.69, 9.17) is 0 Å². The zero-order chi connectivity index (χ0) is 14.8. The molecule has 0 unspecified atom stereocenters. The van der Waals surface area contributed by atoms with E-state index in [1.54, 1.807) is 18.4 Å². The molecule has 0 spiro atoms.